The van der Waals surface area contributed by atoms with Gasteiger partial charge < -0.3 is 19.8 Å². The molecule has 1 aromatic heterocycles. The number of amides is 1. The van der Waals surface area contributed by atoms with Gasteiger partial charge in [-0.1, -0.05) is 42.5 Å². The zero-order valence-corrected chi connectivity index (χ0v) is 19.8. The maximum atomic E-state index is 12.9. The lowest BCUT2D eigenvalue weighted by atomic mass is 10.1. The van der Waals surface area contributed by atoms with E-state index in [-0.39, 0.29) is 23.0 Å². The Hall–Kier alpha value is -3.85. The molecule has 1 aliphatic rings. The van der Waals surface area contributed by atoms with Crippen molar-refractivity contribution in [2.45, 2.75) is 23.8 Å². The van der Waals surface area contributed by atoms with Crippen LogP contribution in [0.4, 0.5) is 0 Å². The highest BCUT2D eigenvalue weighted by molar-refractivity contribution is 7.91. The number of nitrogens with one attached hydrogen (secondary N) is 2. The topological polar surface area (TPSA) is 110 Å². The maximum absolute atomic E-state index is 12.9. The van der Waals surface area contributed by atoms with Gasteiger partial charge in [0.25, 0.3) is 0 Å². The number of ether oxygens (including phenoxy) is 2. The number of benzene rings is 3. The molecule has 0 fully saturated rings. The summed E-state index contributed by atoms with van der Waals surface area (Å²) in [5.41, 5.74) is 2.70. The van der Waals surface area contributed by atoms with Crippen LogP contribution < -0.4 is 14.8 Å². The van der Waals surface area contributed by atoms with Crippen molar-refractivity contribution in [3.63, 3.8) is 0 Å². The van der Waals surface area contributed by atoms with Gasteiger partial charge in [0, 0.05) is 12.5 Å². The van der Waals surface area contributed by atoms with Crippen molar-refractivity contribution in [1.29, 1.82) is 0 Å². The van der Waals surface area contributed by atoms with Crippen molar-refractivity contribution in [3.05, 3.63) is 84.2 Å². The number of H-pyrrole nitrogens is 1. The predicted octanol–water partition coefficient (Wildman–Crippen LogP) is 3.60. The molecule has 9 heteroatoms. The van der Waals surface area contributed by atoms with E-state index in [1.54, 1.807) is 6.07 Å². The normalized spacial score (nSPS) is 13.9. The number of carbonyl (C=O) groups is 1. The second-order valence-corrected chi connectivity index (χ2v) is 10.4. The molecule has 0 bridgehead atoms. The third kappa shape index (κ3) is 5.30. The Labute approximate surface area is 203 Å². The molecule has 2 N–H and O–H groups in total. The number of sulfone groups is 1. The molecular weight excluding hydrogens is 466 g/mol. The first-order valence-electron chi connectivity index (χ1n) is 11.4. The van der Waals surface area contributed by atoms with E-state index in [1.807, 2.05) is 54.6 Å². The van der Waals surface area contributed by atoms with Gasteiger partial charge in [-0.15, -0.1) is 0 Å². The minimum atomic E-state index is -3.69. The fourth-order valence-corrected chi connectivity index (χ4v) is 5.28. The molecule has 0 saturated heterocycles. The molecular formula is C26H25N3O5S. The number of imidazole rings is 1. The molecule has 0 saturated carbocycles. The second kappa shape index (κ2) is 9.79. The number of hydrogen-bond acceptors (Lipinski definition) is 6. The Balaban J connectivity index is 1.30. The van der Waals surface area contributed by atoms with E-state index in [2.05, 4.69) is 15.3 Å². The standard InChI is InChI=1S/C26H25N3O5S/c30-25(12-15-35(31,32)19-10-11-23-24(17-19)34-14-13-33-23)27-22(16-18-6-2-1-3-7-18)26-28-20-8-4-5-9-21(20)29-26/h1-11,17,22H,12-16H2,(H,27,30)(H,28,29)/t22-/m0/s1. The summed E-state index contributed by atoms with van der Waals surface area (Å²) < 4.78 is 36.7. The van der Waals surface area contributed by atoms with Crippen LogP contribution in [-0.2, 0) is 21.1 Å². The van der Waals surface area contributed by atoms with Crippen LogP contribution in [0.1, 0.15) is 23.9 Å². The Morgan fingerprint density at radius 3 is 2.51 bits per heavy atom. The minimum Gasteiger partial charge on any atom is -0.486 e. The van der Waals surface area contributed by atoms with Crippen LogP contribution in [0.5, 0.6) is 11.5 Å². The summed E-state index contributed by atoms with van der Waals surface area (Å²) in [5, 5.41) is 2.97. The first-order chi connectivity index (χ1) is 17.0. The number of nitrogens with zero attached hydrogens (tertiary/aromatic N) is 1. The molecule has 180 valence electrons. The average molecular weight is 492 g/mol. The van der Waals surface area contributed by atoms with Crippen molar-refractivity contribution < 1.29 is 22.7 Å². The van der Waals surface area contributed by atoms with E-state index >= 15 is 0 Å². The van der Waals surface area contributed by atoms with Crippen molar-refractivity contribution in [2.75, 3.05) is 19.0 Å². The fraction of sp³-hybridized carbons (Fsp3) is 0.231. The second-order valence-electron chi connectivity index (χ2n) is 8.32. The molecule has 8 nitrogen and oxygen atoms in total. The van der Waals surface area contributed by atoms with Crippen LogP contribution in [0.25, 0.3) is 11.0 Å². The Kier molecular flexibility index (Phi) is 6.41. The van der Waals surface area contributed by atoms with Crippen LogP contribution in [0.2, 0.25) is 0 Å². The summed E-state index contributed by atoms with van der Waals surface area (Å²) in [7, 11) is -3.69. The molecule has 0 aliphatic carbocycles. The van der Waals surface area contributed by atoms with Gasteiger partial charge in [-0.05, 0) is 36.2 Å². The molecule has 4 aromatic rings. The molecule has 0 radical (unpaired) electrons. The van der Waals surface area contributed by atoms with Gasteiger partial charge in [0.15, 0.2) is 21.3 Å². The fourth-order valence-electron chi connectivity index (χ4n) is 4.03. The zero-order chi connectivity index (χ0) is 24.3. The quantitative estimate of drug-likeness (QED) is 0.390. The number of rotatable bonds is 8. The Morgan fingerprint density at radius 2 is 1.71 bits per heavy atom. The van der Waals surface area contributed by atoms with Gasteiger partial charge in [0.05, 0.1) is 27.7 Å². The van der Waals surface area contributed by atoms with Gasteiger partial charge in [-0.3, -0.25) is 4.79 Å². The lowest BCUT2D eigenvalue weighted by Gasteiger charge is -2.19. The van der Waals surface area contributed by atoms with Gasteiger partial charge >= 0.3 is 0 Å². The van der Waals surface area contributed by atoms with E-state index in [9.17, 15) is 13.2 Å². The summed E-state index contributed by atoms with van der Waals surface area (Å²) in [6, 6.07) is 21.5. The summed E-state index contributed by atoms with van der Waals surface area (Å²) in [6.45, 7) is 0.790. The molecule has 1 amide bonds. The zero-order valence-electron chi connectivity index (χ0n) is 18.9. The first-order valence-corrected chi connectivity index (χ1v) is 13.0. The third-order valence-corrected chi connectivity index (χ3v) is 7.54. The molecule has 1 aliphatic heterocycles. The smallest absolute Gasteiger partial charge is 0.221 e. The van der Waals surface area contributed by atoms with Crippen molar-refractivity contribution in [1.82, 2.24) is 15.3 Å². The highest BCUT2D eigenvalue weighted by Crippen LogP contribution is 2.32. The molecule has 1 atom stereocenters. The van der Waals surface area contributed by atoms with Crippen LogP contribution in [-0.4, -0.2) is 43.3 Å². The Morgan fingerprint density at radius 1 is 0.971 bits per heavy atom. The molecule has 0 spiro atoms. The molecule has 0 unspecified atom stereocenters. The number of aromatic amines is 1. The monoisotopic (exact) mass is 491 g/mol. The number of carbonyl (C=O) groups excluding carboxylic acids is 1. The van der Waals surface area contributed by atoms with Gasteiger partial charge in [-0.25, -0.2) is 13.4 Å². The number of fused-ring (bicyclic) bond motifs is 2. The SMILES string of the molecule is O=C(CCS(=O)(=O)c1ccc2c(c1)OCCO2)N[C@@H](Cc1ccccc1)c1nc2ccccc2[nH]1. The number of aromatic nitrogens is 2. The number of hydrogen-bond donors (Lipinski definition) is 2. The van der Waals surface area contributed by atoms with E-state index in [1.165, 1.54) is 12.1 Å². The molecule has 2 heterocycles. The van der Waals surface area contributed by atoms with Gasteiger partial charge in [0.2, 0.25) is 5.91 Å². The average Bonchev–Trinajstić information content (AvgIpc) is 3.32. The van der Waals surface area contributed by atoms with Gasteiger partial charge in [0.1, 0.15) is 19.0 Å². The van der Waals surface area contributed by atoms with Crippen LogP contribution in [0.3, 0.4) is 0 Å². The minimum absolute atomic E-state index is 0.104. The van der Waals surface area contributed by atoms with E-state index in [4.69, 9.17) is 9.47 Å². The summed E-state index contributed by atoms with van der Waals surface area (Å²) in [6.07, 6.45) is 0.337. The third-order valence-electron chi connectivity index (χ3n) is 5.83. The molecule has 3 aromatic carbocycles. The van der Waals surface area contributed by atoms with Crippen LogP contribution in [0.15, 0.2) is 77.7 Å². The summed E-state index contributed by atoms with van der Waals surface area (Å²) in [4.78, 5) is 20.9. The predicted molar refractivity (Wildman–Crippen MR) is 131 cm³/mol. The number of para-hydroxylation sites is 2. The summed E-state index contributed by atoms with van der Waals surface area (Å²) in [5.74, 6) is 0.846. The highest BCUT2D eigenvalue weighted by Gasteiger charge is 2.23. The van der Waals surface area contributed by atoms with Crippen molar-refractivity contribution >= 4 is 26.8 Å². The molecule has 35 heavy (non-hydrogen) atoms. The lowest BCUT2D eigenvalue weighted by molar-refractivity contribution is -0.121. The van der Waals surface area contributed by atoms with E-state index in [0.29, 0.717) is 37.0 Å². The first kappa shape index (κ1) is 22.9. The van der Waals surface area contributed by atoms with E-state index < -0.39 is 15.9 Å². The van der Waals surface area contributed by atoms with Crippen molar-refractivity contribution in [2.24, 2.45) is 0 Å². The van der Waals surface area contributed by atoms with Gasteiger partial charge in [-0.2, -0.15) is 0 Å². The Bertz CT molecular complexity index is 1420. The van der Waals surface area contributed by atoms with E-state index in [0.717, 1.165) is 16.6 Å². The van der Waals surface area contributed by atoms with Crippen LogP contribution >= 0.6 is 0 Å². The van der Waals surface area contributed by atoms with Crippen molar-refractivity contribution in [3.8, 4) is 11.5 Å². The van der Waals surface area contributed by atoms with Crippen LogP contribution in [0, 0.1) is 0 Å². The largest absolute Gasteiger partial charge is 0.486 e. The highest BCUT2D eigenvalue weighted by atomic mass is 32.2. The maximum Gasteiger partial charge on any atom is 0.221 e. The lowest BCUT2D eigenvalue weighted by Crippen LogP contribution is -2.32. The molecule has 5 rings (SSSR count). The summed E-state index contributed by atoms with van der Waals surface area (Å²) >= 11 is 0.